The van der Waals surface area contributed by atoms with E-state index in [4.69, 9.17) is 4.74 Å². The first-order chi connectivity index (χ1) is 19.6. The zero-order valence-electron chi connectivity index (χ0n) is 23.5. The maximum absolute atomic E-state index is 13.8. The van der Waals surface area contributed by atoms with E-state index < -0.39 is 17.2 Å². The Hall–Kier alpha value is -3.78. The summed E-state index contributed by atoms with van der Waals surface area (Å²) in [6.45, 7) is 5.74. The third kappa shape index (κ3) is 6.59. The molecule has 1 atom stereocenters. The summed E-state index contributed by atoms with van der Waals surface area (Å²) in [5.74, 6) is -1.34. The number of carbonyl (C=O) groups is 2. The van der Waals surface area contributed by atoms with Gasteiger partial charge in [-0.2, -0.15) is 0 Å². The molecule has 3 aromatic carbocycles. The van der Waals surface area contributed by atoms with E-state index in [0.29, 0.717) is 61.5 Å². The van der Waals surface area contributed by atoms with E-state index >= 15 is 0 Å². The Bertz CT molecular complexity index is 1420. The minimum Gasteiger partial charge on any atom is -0.478 e. The van der Waals surface area contributed by atoms with Crippen molar-refractivity contribution in [1.29, 1.82) is 0 Å². The van der Waals surface area contributed by atoms with Gasteiger partial charge in [-0.05, 0) is 92.6 Å². The van der Waals surface area contributed by atoms with Crippen LogP contribution in [0.5, 0.6) is 5.75 Å². The summed E-state index contributed by atoms with van der Waals surface area (Å²) in [7, 11) is 0. The smallest absolute Gasteiger partial charge is 0.266 e. The van der Waals surface area contributed by atoms with Crippen molar-refractivity contribution in [3.05, 3.63) is 89.5 Å². The first kappa shape index (κ1) is 28.7. The number of hydrogen-bond acceptors (Lipinski definition) is 4. The minimum atomic E-state index is -1.06. The highest BCUT2D eigenvalue weighted by molar-refractivity contribution is 5.95. The lowest BCUT2D eigenvalue weighted by molar-refractivity contribution is -0.147. The maximum atomic E-state index is 13.8. The Morgan fingerprint density at radius 2 is 1.59 bits per heavy atom. The number of aliphatic hydroxyl groups is 1. The summed E-state index contributed by atoms with van der Waals surface area (Å²) in [4.78, 5) is 30.2. The highest BCUT2D eigenvalue weighted by Gasteiger charge is 2.36. The van der Waals surface area contributed by atoms with E-state index in [2.05, 4.69) is 0 Å². The Kier molecular flexibility index (Phi) is 8.40. The van der Waals surface area contributed by atoms with Gasteiger partial charge in [0.2, 0.25) is 0 Å². The van der Waals surface area contributed by atoms with E-state index in [1.165, 1.54) is 6.07 Å². The molecule has 41 heavy (non-hydrogen) atoms. The van der Waals surface area contributed by atoms with Crippen LogP contribution in [0.2, 0.25) is 0 Å². The van der Waals surface area contributed by atoms with Gasteiger partial charge < -0.3 is 19.6 Å². The molecule has 6 nitrogen and oxygen atoms in total. The fraction of sp³-hybridized carbons (Fsp3) is 0.394. The summed E-state index contributed by atoms with van der Waals surface area (Å²) in [6.07, 6.45) is 2.55. The number of nitrogens with zero attached hydrogens (tertiary/aromatic N) is 2. The average Bonchev–Trinajstić information content (AvgIpc) is 2.98. The van der Waals surface area contributed by atoms with Crippen LogP contribution in [0.25, 0.3) is 11.1 Å². The predicted molar refractivity (Wildman–Crippen MR) is 153 cm³/mol. The minimum absolute atomic E-state index is 0.102. The van der Waals surface area contributed by atoms with Gasteiger partial charge in [-0.25, -0.2) is 8.78 Å². The molecule has 2 aliphatic heterocycles. The zero-order valence-corrected chi connectivity index (χ0v) is 23.5. The van der Waals surface area contributed by atoms with Crippen molar-refractivity contribution in [2.45, 2.75) is 57.2 Å². The molecule has 3 aromatic rings. The van der Waals surface area contributed by atoms with Crippen molar-refractivity contribution >= 4 is 11.8 Å². The largest absolute Gasteiger partial charge is 0.478 e. The molecular formula is C33H36F2N2O4. The molecule has 0 spiro atoms. The molecule has 1 unspecified atom stereocenters. The van der Waals surface area contributed by atoms with Crippen LogP contribution in [0.15, 0.2) is 66.7 Å². The molecule has 2 fully saturated rings. The molecule has 0 bridgehead atoms. The lowest BCUT2D eigenvalue weighted by Crippen LogP contribution is -2.51. The predicted octanol–water partition coefficient (Wildman–Crippen LogP) is 5.79. The molecule has 0 aliphatic carbocycles. The van der Waals surface area contributed by atoms with Crippen LogP contribution in [0, 0.1) is 11.6 Å². The Balaban J connectivity index is 1.27. The third-order valence-corrected chi connectivity index (χ3v) is 8.04. The number of hydrogen-bond donors (Lipinski definition) is 1. The van der Waals surface area contributed by atoms with Crippen LogP contribution in [-0.4, -0.2) is 64.6 Å². The topological polar surface area (TPSA) is 70.1 Å². The van der Waals surface area contributed by atoms with Gasteiger partial charge in [0.15, 0.2) is 17.2 Å². The lowest BCUT2D eigenvalue weighted by atomic mass is 9.90. The zero-order chi connectivity index (χ0) is 29.1. The number of piperidine rings is 2. The molecule has 216 valence electrons. The summed E-state index contributed by atoms with van der Waals surface area (Å²) in [5.41, 5.74) is 1.63. The number of rotatable bonds is 6. The number of amides is 2. The summed E-state index contributed by atoms with van der Waals surface area (Å²) >= 11 is 0. The Morgan fingerprint density at radius 3 is 2.34 bits per heavy atom. The molecule has 1 N–H and O–H groups in total. The fourth-order valence-electron chi connectivity index (χ4n) is 5.74. The maximum Gasteiger partial charge on any atom is 0.266 e. The van der Waals surface area contributed by atoms with Crippen LogP contribution in [0.3, 0.4) is 0 Å². The molecule has 8 heteroatoms. The van der Waals surface area contributed by atoms with Gasteiger partial charge >= 0.3 is 0 Å². The van der Waals surface area contributed by atoms with Gasteiger partial charge in [0.05, 0.1) is 6.10 Å². The van der Waals surface area contributed by atoms with Gasteiger partial charge in [-0.15, -0.1) is 0 Å². The normalized spacial score (nSPS) is 18.3. The number of halogens is 2. The standard InChI is InChI=1S/C33H36F2N2O4/c1-33(2,32(40)36-16-13-27(38)14-17-36)41-28-10-4-7-23(19-28)26-9-5-15-37(21-26)31(39)25-8-3-6-22(18-25)24-11-12-29(34)30(35)20-24/h3-4,6-8,10-12,18-20,26-27,38H,5,9,13-17,21H2,1-2H3. The molecule has 2 heterocycles. The Morgan fingerprint density at radius 1 is 0.854 bits per heavy atom. The van der Waals surface area contributed by atoms with Crippen LogP contribution >= 0.6 is 0 Å². The van der Waals surface area contributed by atoms with Crippen molar-refractivity contribution in [2.75, 3.05) is 26.2 Å². The molecule has 5 rings (SSSR count). The van der Waals surface area contributed by atoms with Crippen molar-refractivity contribution in [3.8, 4) is 16.9 Å². The van der Waals surface area contributed by atoms with E-state index in [-0.39, 0.29) is 23.8 Å². The van der Waals surface area contributed by atoms with Crippen molar-refractivity contribution in [2.24, 2.45) is 0 Å². The number of ether oxygens (including phenoxy) is 1. The molecule has 0 aromatic heterocycles. The van der Waals surface area contributed by atoms with Crippen LogP contribution < -0.4 is 4.74 Å². The van der Waals surface area contributed by atoms with Gasteiger partial charge in [-0.1, -0.05) is 30.3 Å². The van der Waals surface area contributed by atoms with Gasteiger partial charge in [-0.3, -0.25) is 9.59 Å². The number of carbonyl (C=O) groups excluding carboxylic acids is 2. The van der Waals surface area contributed by atoms with E-state index in [1.807, 2.05) is 29.2 Å². The van der Waals surface area contributed by atoms with Crippen LogP contribution in [-0.2, 0) is 4.79 Å². The lowest BCUT2D eigenvalue weighted by Gasteiger charge is -2.36. The second-order valence-electron chi connectivity index (χ2n) is 11.5. The number of aliphatic hydroxyl groups excluding tert-OH is 1. The summed E-state index contributed by atoms with van der Waals surface area (Å²) in [6, 6.07) is 18.4. The number of likely N-dealkylation sites (tertiary alicyclic amines) is 2. The van der Waals surface area contributed by atoms with Crippen molar-refractivity contribution < 1.29 is 28.2 Å². The van der Waals surface area contributed by atoms with Crippen molar-refractivity contribution in [1.82, 2.24) is 9.80 Å². The molecule has 2 aliphatic rings. The summed E-state index contributed by atoms with van der Waals surface area (Å²) < 4.78 is 33.4. The van der Waals surface area contributed by atoms with Gasteiger partial charge in [0.1, 0.15) is 5.75 Å². The van der Waals surface area contributed by atoms with Gasteiger partial charge in [0.25, 0.3) is 11.8 Å². The molecule has 2 amide bonds. The third-order valence-electron chi connectivity index (χ3n) is 8.04. The first-order valence-electron chi connectivity index (χ1n) is 14.2. The van der Waals surface area contributed by atoms with Crippen molar-refractivity contribution in [3.63, 3.8) is 0 Å². The van der Waals surface area contributed by atoms with E-state index in [9.17, 15) is 23.5 Å². The quantitative estimate of drug-likeness (QED) is 0.413. The molecule has 0 radical (unpaired) electrons. The van der Waals surface area contributed by atoms with Crippen LogP contribution in [0.4, 0.5) is 8.78 Å². The second-order valence-corrected chi connectivity index (χ2v) is 11.5. The average molecular weight is 563 g/mol. The highest BCUT2D eigenvalue weighted by atomic mass is 19.2. The van der Waals surface area contributed by atoms with E-state index in [0.717, 1.165) is 30.5 Å². The first-order valence-corrected chi connectivity index (χ1v) is 14.2. The SMILES string of the molecule is CC(C)(Oc1cccc(C2CCCN(C(=O)c3cccc(-c4ccc(F)c(F)c4)c3)C2)c1)C(=O)N1CCC(O)CC1. The number of benzene rings is 3. The summed E-state index contributed by atoms with van der Waals surface area (Å²) in [5, 5.41) is 9.78. The molecular weight excluding hydrogens is 526 g/mol. The second kappa shape index (κ2) is 12.0. The van der Waals surface area contributed by atoms with Gasteiger partial charge in [0, 0.05) is 37.7 Å². The highest BCUT2D eigenvalue weighted by Crippen LogP contribution is 2.32. The molecule has 2 saturated heterocycles. The monoisotopic (exact) mass is 562 g/mol. The Labute approximate surface area is 239 Å². The molecule has 0 saturated carbocycles. The van der Waals surface area contributed by atoms with Crippen LogP contribution in [0.1, 0.15) is 61.4 Å². The van der Waals surface area contributed by atoms with E-state index in [1.54, 1.807) is 43.0 Å². The fourth-order valence-corrected chi connectivity index (χ4v) is 5.74.